The number of carboxylic acids is 1. The molecule has 2 heterocycles. The summed E-state index contributed by atoms with van der Waals surface area (Å²) in [4.78, 5) is 34.2. The van der Waals surface area contributed by atoms with Crippen LogP contribution in [0.15, 0.2) is 11.8 Å². The Hall–Kier alpha value is -2.05. The maximum atomic E-state index is 11.2. The van der Waals surface area contributed by atoms with Crippen LogP contribution in [0.2, 0.25) is 0 Å². The molecule has 1 N–H and O–H groups in total. The number of carbonyl (C=O) groups excluding carboxylic acids is 2. The molecule has 0 aromatic carbocycles. The van der Waals surface area contributed by atoms with E-state index in [9.17, 15) is 14.4 Å². The zero-order valence-corrected chi connectivity index (χ0v) is 8.37. The van der Waals surface area contributed by atoms with Crippen molar-refractivity contribution in [3.8, 4) is 0 Å². The van der Waals surface area contributed by atoms with E-state index in [1.807, 2.05) is 0 Å². The molecule has 2 atom stereocenters. The quantitative estimate of drug-likeness (QED) is 0.372. The van der Waals surface area contributed by atoms with Crippen molar-refractivity contribution >= 4 is 17.8 Å². The van der Waals surface area contributed by atoms with Gasteiger partial charge in [0.15, 0.2) is 12.3 Å². The van der Waals surface area contributed by atoms with E-state index in [1.54, 1.807) is 0 Å². The van der Waals surface area contributed by atoms with Crippen LogP contribution in [0.4, 0.5) is 0 Å². The average molecular weight is 227 g/mol. The SMILES string of the molecule is COC(=O)/C=C1\OC2CC(=O)N2C1C(=O)O. The first-order valence-electron chi connectivity index (χ1n) is 4.54. The van der Waals surface area contributed by atoms with Crippen LogP contribution in [0, 0.1) is 0 Å². The Morgan fingerprint density at radius 2 is 2.31 bits per heavy atom. The number of hydrogen-bond acceptors (Lipinski definition) is 5. The first kappa shape index (κ1) is 10.5. The molecule has 16 heavy (non-hydrogen) atoms. The van der Waals surface area contributed by atoms with Gasteiger partial charge in [0.2, 0.25) is 5.91 Å². The topological polar surface area (TPSA) is 93.1 Å². The number of nitrogens with zero attached hydrogens (tertiary/aromatic N) is 1. The number of carbonyl (C=O) groups is 3. The molecular formula is C9H9NO6. The number of methoxy groups -OCH3 is 1. The smallest absolute Gasteiger partial charge is 0.334 e. The predicted octanol–water partition coefficient (Wildman–Crippen LogP) is -0.915. The first-order chi connectivity index (χ1) is 7.54. The van der Waals surface area contributed by atoms with Crippen LogP contribution in [-0.4, -0.2) is 47.2 Å². The molecule has 0 aromatic rings. The van der Waals surface area contributed by atoms with Gasteiger partial charge in [-0.1, -0.05) is 0 Å². The lowest BCUT2D eigenvalue weighted by Crippen LogP contribution is -2.54. The number of hydrogen-bond donors (Lipinski definition) is 1. The molecule has 2 rings (SSSR count). The number of β-lactam (4-membered cyclic amide) rings is 1. The van der Waals surface area contributed by atoms with E-state index in [4.69, 9.17) is 9.84 Å². The Labute approximate surface area is 90.2 Å². The molecule has 7 heteroatoms. The second-order valence-corrected chi connectivity index (χ2v) is 3.39. The fourth-order valence-corrected chi connectivity index (χ4v) is 1.70. The van der Waals surface area contributed by atoms with Crippen molar-refractivity contribution in [2.45, 2.75) is 18.7 Å². The first-order valence-corrected chi connectivity index (χ1v) is 4.54. The van der Waals surface area contributed by atoms with Gasteiger partial charge in [-0.3, -0.25) is 9.69 Å². The molecule has 2 unspecified atom stereocenters. The summed E-state index contributed by atoms with van der Waals surface area (Å²) >= 11 is 0. The standard InChI is InChI=1S/C9H9NO6/c1-15-7(12)2-4-8(9(13)14)10-5(11)3-6(10)16-4/h2,6,8H,3H2,1H3,(H,13,14)/b4-2-. The van der Waals surface area contributed by atoms with Crippen molar-refractivity contribution in [3.63, 3.8) is 0 Å². The van der Waals surface area contributed by atoms with Crippen LogP contribution in [0.3, 0.4) is 0 Å². The predicted molar refractivity (Wildman–Crippen MR) is 47.9 cm³/mol. The number of esters is 1. The zero-order valence-electron chi connectivity index (χ0n) is 8.37. The Morgan fingerprint density at radius 1 is 1.62 bits per heavy atom. The summed E-state index contributed by atoms with van der Waals surface area (Å²) in [5.41, 5.74) is 0. The van der Waals surface area contributed by atoms with Crippen molar-refractivity contribution in [1.29, 1.82) is 0 Å². The third-order valence-corrected chi connectivity index (χ3v) is 2.46. The Bertz CT molecular complexity index is 401. The largest absolute Gasteiger partial charge is 0.479 e. The molecule has 0 bridgehead atoms. The molecule has 2 aliphatic heterocycles. The third-order valence-electron chi connectivity index (χ3n) is 2.46. The van der Waals surface area contributed by atoms with Gasteiger partial charge in [0.25, 0.3) is 0 Å². The number of ether oxygens (including phenoxy) is 2. The zero-order chi connectivity index (χ0) is 11.9. The fourth-order valence-electron chi connectivity index (χ4n) is 1.70. The summed E-state index contributed by atoms with van der Waals surface area (Å²) < 4.78 is 9.53. The van der Waals surface area contributed by atoms with E-state index in [2.05, 4.69) is 4.74 Å². The highest BCUT2D eigenvalue weighted by Crippen LogP contribution is 2.36. The minimum absolute atomic E-state index is 0.0600. The van der Waals surface area contributed by atoms with Crippen LogP contribution < -0.4 is 0 Å². The van der Waals surface area contributed by atoms with Gasteiger partial charge in [-0.05, 0) is 0 Å². The van der Waals surface area contributed by atoms with Crippen molar-refractivity contribution in [1.82, 2.24) is 4.90 Å². The van der Waals surface area contributed by atoms with Gasteiger partial charge in [0.05, 0.1) is 19.6 Å². The molecule has 2 fully saturated rings. The molecule has 2 aliphatic rings. The maximum absolute atomic E-state index is 11.2. The molecule has 0 saturated carbocycles. The lowest BCUT2D eigenvalue weighted by molar-refractivity contribution is -0.163. The number of rotatable bonds is 2. The van der Waals surface area contributed by atoms with Crippen LogP contribution in [0.5, 0.6) is 0 Å². The minimum atomic E-state index is -1.23. The van der Waals surface area contributed by atoms with Gasteiger partial charge >= 0.3 is 11.9 Å². The molecule has 86 valence electrons. The molecule has 2 saturated heterocycles. The summed E-state index contributed by atoms with van der Waals surface area (Å²) in [6.45, 7) is 0. The fraction of sp³-hybridized carbons (Fsp3) is 0.444. The second-order valence-electron chi connectivity index (χ2n) is 3.39. The number of carboxylic acid groups (broad SMARTS) is 1. The monoisotopic (exact) mass is 227 g/mol. The lowest BCUT2D eigenvalue weighted by atomic mass is 10.1. The highest BCUT2D eigenvalue weighted by atomic mass is 16.5. The van der Waals surface area contributed by atoms with Gasteiger partial charge < -0.3 is 14.6 Å². The van der Waals surface area contributed by atoms with Crippen molar-refractivity contribution < 1.29 is 29.0 Å². The summed E-state index contributed by atoms with van der Waals surface area (Å²) in [7, 11) is 1.17. The normalized spacial score (nSPS) is 29.4. The van der Waals surface area contributed by atoms with Crippen LogP contribution in [-0.2, 0) is 23.9 Å². The van der Waals surface area contributed by atoms with Crippen molar-refractivity contribution in [3.05, 3.63) is 11.8 Å². The van der Waals surface area contributed by atoms with E-state index >= 15 is 0 Å². The van der Waals surface area contributed by atoms with Crippen molar-refractivity contribution in [2.24, 2.45) is 0 Å². The summed E-state index contributed by atoms with van der Waals surface area (Å²) in [6, 6.07) is -1.22. The second kappa shape index (κ2) is 3.51. The molecule has 0 aliphatic carbocycles. The summed E-state index contributed by atoms with van der Waals surface area (Å²) in [5, 5.41) is 8.94. The van der Waals surface area contributed by atoms with Crippen LogP contribution in [0.1, 0.15) is 6.42 Å². The minimum Gasteiger partial charge on any atom is -0.479 e. The van der Waals surface area contributed by atoms with Gasteiger partial charge in [-0.25, -0.2) is 9.59 Å². The molecular weight excluding hydrogens is 218 g/mol. The Kier molecular flexibility index (Phi) is 2.30. The molecule has 1 amide bonds. The number of aliphatic carboxylic acids is 1. The van der Waals surface area contributed by atoms with E-state index in [0.717, 1.165) is 11.0 Å². The summed E-state index contributed by atoms with van der Waals surface area (Å²) in [5.74, 6) is -2.30. The van der Waals surface area contributed by atoms with Gasteiger partial charge in [-0.2, -0.15) is 0 Å². The Balaban J connectivity index is 2.26. The molecule has 0 radical (unpaired) electrons. The molecule has 7 nitrogen and oxygen atoms in total. The lowest BCUT2D eigenvalue weighted by Gasteiger charge is -2.33. The highest BCUT2D eigenvalue weighted by Gasteiger charge is 2.53. The average Bonchev–Trinajstić information content (AvgIpc) is 2.51. The van der Waals surface area contributed by atoms with E-state index in [1.165, 1.54) is 7.11 Å². The van der Waals surface area contributed by atoms with E-state index in [-0.39, 0.29) is 18.1 Å². The molecule has 0 spiro atoms. The van der Waals surface area contributed by atoms with E-state index in [0.29, 0.717) is 0 Å². The van der Waals surface area contributed by atoms with Gasteiger partial charge in [0.1, 0.15) is 5.76 Å². The van der Waals surface area contributed by atoms with E-state index < -0.39 is 24.2 Å². The summed E-state index contributed by atoms with van der Waals surface area (Å²) in [6.07, 6.45) is 0.525. The van der Waals surface area contributed by atoms with Crippen LogP contribution >= 0.6 is 0 Å². The van der Waals surface area contributed by atoms with Gasteiger partial charge in [0, 0.05) is 0 Å². The Morgan fingerprint density at radius 3 is 2.81 bits per heavy atom. The number of fused-ring (bicyclic) bond motifs is 1. The number of amides is 1. The maximum Gasteiger partial charge on any atom is 0.334 e. The third kappa shape index (κ3) is 1.40. The van der Waals surface area contributed by atoms with Crippen LogP contribution in [0.25, 0.3) is 0 Å². The van der Waals surface area contributed by atoms with Gasteiger partial charge in [-0.15, -0.1) is 0 Å². The molecule has 0 aromatic heterocycles. The van der Waals surface area contributed by atoms with Crippen molar-refractivity contribution in [2.75, 3.05) is 7.11 Å². The highest BCUT2D eigenvalue weighted by molar-refractivity contribution is 5.93.